The van der Waals surface area contributed by atoms with Gasteiger partial charge in [0.2, 0.25) is 0 Å². The van der Waals surface area contributed by atoms with Crippen molar-refractivity contribution in [2.45, 2.75) is 12.8 Å². The maximum Gasteiger partial charge on any atom is 0.252 e. The minimum absolute atomic E-state index is 0.0432. The fraction of sp³-hybridized carbons (Fsp3) is 0.214. The summed E-state index contributed by atoms with van der Waals surface area (Å²) < 4.78 is 13.3. The molecule has 128 valence electrons. The molecule has 0 saturated carbocycles. The molecule has 1 atom stereocenters. The molecule has 1 aromatic carbocycles. The van der Waals surface area contributed by atoms with Crippen LogP contribution in [0.15, 0.2) is 35.7 Å². The molecule has 0 spiro atoms. The number of amides is 1. The maximum absolute atomic E-state index is 11.9. The number of phenolic OH excluding ortho intramolecular Hbond substituents is 2. The molecule has 0 fully saturated rings. The second kappa shape index (κ2) is 7.93. The van der Waals surface area contributed by atoms with Gasteiger partial charge in [0.25, 0.3) is 5.91 Å². The van der Waals surface area contributed by atoms with E-state index in [1.54, 1.807) is 6.92 Å². The molecule has 10 heteroatoms. The second-order valence-electron chi connectivity index (χ2n) is 4.84. The Morgan fingerprint density at radius 2 is 2.21 bits per heavy atom. The zero-order valence-corrected chi connectivity index (χ0v) is 14.2. The van der Waals surface area contributed by atoms with Gasteiger partial charge < -0.3 is 10.2 Å². The number of aromatic hydroxyl groups is 2. The Morgan fingerprint density at radius 3 is 2.83 bits per heavy atom. The Balaban J connectivity index is 1.90. The zero-order chi connectivity index (χ0) is 17.7. The Bertz CT molecular complexity index is 806. The molecule has 3 N–H and O–H groups in total. The Hall–Kier alpha value is -2.39. The van der Waals surface area contributed by atoms with Crippen LogP contribution in [-0.4, -0.2) is 41.6 Å². The van der Waals surface area contributed by atoms with E-state index in [4.69, 9.17) is 11.6 Å². The molecule has 0 radical (unpaired) electrons. The van der Waals surface area contributed by atoms with E-state index in [2.05, 4.69) is 15.6 Å². The van der Waals surface area contributed by atoms with Crippen LogP contribution in [0.5, 0.6) is 11.5 Å². The number of phenols is 2. The van der Waals surface area contributed by atoms with Gasteiger partial charge in [-0.25, -0.2) is 5.43 Å². The van der Waals surface area contributed by atoms with Crippen molar-refractivity contribution in [3.63, 3.8) is 0 Å². The molecule has 1 heterocycles. The first-order chi connectivity index (χ1) is 11.3. The lowest BCUT2D eigenvalue weighted by molar-refractivity contribution is -0.118. The lowest BCUT2D eigenvalue weighted by Crippen LogP contribution is -2.26. The Labute approximate surface area is 145 Å². The van der Waals surface area contributed by atoms with E-state index in [1.807, 2.05) is 0 Å². The highest BCUT2D eigenvalue weighted by Gasteiger charge is 2.10. The van der Waals surface area contributed by atoms with Crippen LogP contribution in [0.2, 0.25) is 5.02 Å². The number of hydrogen-bond acceptors (Lipinski definition) is 6. The minimum atomic E-state index is -1.48. The highest BCUT2D eigenvalue weighted by atomic mass is 35.5. The SMILES string of the molecule is C/C(=N/NC(=O)CS(=O)Cn1cc(Cl)cn1)c1ccc(O)cc1O. The molecular weight excluding hydrogens is 356 g/mol. The van der Waals surface area contributed by atoms with Crippen LogP contribution in [0.1, 0.15) is 12.5 Å². The molecule has 0 aliphatic carbocycles. The molecule has 2 rings (SSSR count). The van der Waals surface area contributed by atoms with Gasteiger partial charge in [0.15, 0.2) is 0 Å². The van der Waals surface area contributed by atoms with E-state index >= 15 is 0 Å². The summed E-state index contributed by atoms with van der Waals surface area (Å²) in [5.74, 6) is -0.992. The molecular formula is C14H15ClN4O4S. The normalized spacial score (nSPS) is 12.8. The lowest BCUT2D eigenvalue weighted by Gasteiger charge is -2.06. The van der Waals surface area contributed by atoms with Gasteiger partial charge in [-0.1, -0.05) is 11.6 Å². The highest BCUT2D eigenvalue weighted by molar-refractivity contribution is 7.84. The maximum atomic E-state index is 11.9. The number of halogens is 1. The summed E-state index contributed by atoms with van der Waals surface area (Å²) in [6, 6.07) is 4.02. The average molecular weight is 371 g/mol. The minimum Gasteiger partial charge on any atom is -0.508 e. The van der Waals surface area contributed by atoms with Gasteiger partial charge >= 0.3 is 0 Å². The van der Waals surface area contributed by atoms with Crippen LogP contribution in [0.4, 0.5) is 0 Å². The van der Waals surface area contributed by atoms with Gasteiger partial charge in [0.05, 0.1) is 27.7 Å². The van der Waals surface area contributed by atoms with E-state index in [1.165, 1.54) is 35.3 Å². The van der Waals surface area contributed by atoms with Crippen molar-refractivity contribution in [3.8, 4) is 11.5 Å². The van der Waals surface area contributed by atoms with E-state index < -0.39 is 16.7 Å². The van der Waals surface area contributed by atoms with Crippen molar-refractivity contribution in [1.82, 2.24) is 15.2 Å². The quantitative estimate of drug-likeness (QED) is 0.521. The summed E-state index contributed by atoms with van der Waals surface area (Å²) in [4.78, 5) is 11.8. The van der Waals surface area contributed by atoms with Gasteiger partial charge in [-0.3, -0.25) is 13.7 Å². The van der Waals surface area contributed by atoms with Crippen LogP contribution in [0, 0.1) is 0 Å². The van der Waals surface area contributed by atoms with Gasteiger partial charge in [0, 0.05) is 17.8 Å². The van der Waals surface area contributed by atoms with Crippen molar-refractivity contribution >= 4 is 34.0 Å². The van der Waals surface area contributed by atoms with Crippen molar-refractivity contribution in [2.75, 3.05) is 5.75 Å². The first-order valence-electron chi connectivity index (χ1n) is 6.73. The summed E-state index contributed by atoms with van der Waals surface area (Å²) in [5.41, 5.74) is 2.97. The number of benzene rings is 1. The number of nitrogens with zero attached hydrogens (tertiary/aromatic N) is 3. The lowest BCUT2D eigenvalue weighted by atomic mass is 10.1. The van der Waals surface area contributed by atoms with Crippen LogP contribution in [-0.2, 0) is 21.5 Å². The third kappa shape index (κ3) is 5.07. The van der Waals surface area contributed by atoms with Crippen LogP contribution in [0.3, 0.4) is 0 Å². The number of nitrogens with one attached hydrogen (secondary N) is 1. The molecule has 1 unspecified atom stereocenters. The summed E-state index contributed by atoms with van der Waals surface area (Å²) >= 11 is 5.70. The number of hydrazone groups is 1. The van der Waals surface area contributed by atoms with Crippen molar-refractivity contribution in [2.24, 2.45) is 5.10 Å². The van der Waals surface area contributed by atoms with Gasteiger partial charge in [-0.2, -0.15) is 10.2 Å². The summed E-state index contributed by atoms with van der Waals surface area (Å²) in [6.07, 6.45) is 2.92. The van der Waals surface area contributed by atoms with Crippen molar-refractivity contribution < 1.29 is 19.2 Å². The number of rotatable bonds is 6. The molecule has 0 aliphatic heterocycles. The first kappa shape index (κ1) is 18.0. The van der Waals surface area contributed by atoms with Gasteiger partial charge in [0.1, 0.15) is 23.1 Å². The van der Waals surface area contributed by atoms with Crippen LogP contribution < -0.4 is 5.43 Å². The fourth-order valence-corrected chi connectivity index (χ4v) is 2.85. The van der Waals surface area contributed by atoms with E-state index in [9.17, 15) is 19.2 Å². The Morgan fingerprint density at radius 1 is 1.46 bits per heavy atom. The molecule has 0 aliphatic rings. The number of carbonyl (C=O) groups is 1. The fourth-order valence-electron chi connectivity index (χ4n) is 1.81. The van der Waals surface area contributed by atoms with Crippen molar-refractivity contribution in [1.29, 1.82) is 0 Å². The average Bonchev–Trinajstić information content (AvgIpc) is 2.89. The standard InChI is InChI=1S/C14H15ClN4O4S/c1-9(12-3-2-11(20)4-13(12)21)17-18-14(22)7-24(23)8-19-6-10(15)5-16-19/h2-6,20-21H,7-8H2,1H3,(H,18,22)/b17-9-. The molecule has 1 aromatic heterocycles. The smallest absolute Gasteiger partial charge is 0.252 e. The predicted octanol–water partition coefficient (Wildman–Crippen LogP) is 1.19. The predicted molar refractivity (Wildman–Crippen MR) is 90.4 cm³/mol. The number of carbonyl (C=O) groups excluding carboxylic acids is 1. The van der Waals surface area contributed by atoms with Gasteiger partial charge in [-0.05, 0) is 19.1 Å². The number of hydrogen-bond donors (Lipinski definition) is 3. The third-order valence-corrected chi connectivity index (χ3v) is 4.22. The first-order valence-corrected chi connectivity index (χ1v) is 8.60. The summed E-state index contributed by atoms with van der Waals surface area (Å²) in [5, 5.41) is 27.1. The molecule has 8 nitrogen and oxygen atoms in total. The largest absolute Gasteiger partial charge is 0.508 e. The van der Waals surface area contributed by atoms with E-state index in [0.717, 1.165) is 0 Å². The third-order valence-electron chi connectivity index (χ3n) is 2.89. The second-order valence-corrected chi connectivity index (χ2v) is 6.71. The summed E-state index contributed by atoms with van der Waals surface area (Å²) in [6.45, 7) is 1.58. The molecule has 0 bridgehead atoms. The topological polar surface area (TPSA) is 117 Å². The monoisotopic (exact) mass is 370 g/mol. The number of aromatic nitrogens is 2. The summed E-state index contributed by atoms with van der Waals surface area (Å²) in [7, 11) is -1.48. The van der Waals surface area contributed by atoms with E-state index in [0.29, 0.717) is 16.3 Å². The molecule has 24 heavy (non-hydrogen) atoms. The van der Waals surface area contributed by atoms with Crippen LogP contribution in [0.25, 0.3) is 0 Å². The molecule has 0 saturated heterocycles. The van der Waals surface area contributed by atoms with Crippen LogP contribution >= 0.6 is 11.6 Å². The molecule has 1 amide bonds. The van der Waals surface area contributed by atoms with E-state index in [-0.39, 0.29) is 23.1 Å². The molecule has 2 aromatic rings. The zero-order valence-electron chi connectivity index (χ0n) is 12.6. The Kier molecular flexibility index (Phi) is 5.93. The van der Waals surface area contributed by atoms with Gasteiger partial charge in [-0.15, -0.1) is 0 Å². The highest BCUT2D eigenvalue weighted by Crippen LogP contribution is 2.22. The van der Waals surface area contributed by atoms with Crippen molar-refractivity contribution in [3.05, 3.63) is 41.2 Å².